The summed E-state index contributed by atoms with van der Waals surface area (Å²) in [6.07, 6.45) is 1.17. The number of nitrogens with one attached hydrogen (secondary N) is 1. The highest BCUT2D eigenvalue weighted by atomic mass is 35.5. The van der Waals surface area contributed by atoms with Crippen molar-refractivity contribution in [3.8, 4) is 11.5 Å². The van der Waals surface area contributed by atoms with E-state index in [1.807, 2.05) is 20.8 Å². The van der Waals surface area contributed by atoms with Gasteiger partial charge in [-0.3, -0.25) is 19.7 Å². The van der Waals surface area contributed by atoms with Crippen LogP contribution in [0, 0.1) is 10.1 Å². The van der Waals surface area contributed by atoms with Gasteiger partial charge in [0.15, 0.2) is 6.61 Å². The van der Waals surface area contributed by atoms with Crippen LogP contribution in [-0.2, 0) is 16.1 Å². The summed E-state index contributed by atoms with van der Waals surface area (Å²) in [5, 5.41) is 14.6. The molecule has 2 aromatic rings. The molecular weight excluding hydrogens is 462 g/mol. The fraction of sp³-hybridized carbons (Fsp3) is 0.417. The minimum absolute atomic E-state index is 0.0207. The van der Waals surface area contributed by atoms with E-state index in [9.17, 15) is 19.7 Å². The number of benzene rings is 2. The molecule has 2 rings (SSSR count). The van der Waals surface area contributed by atoms with E-state index in [2.05, 4.69) is 5.32 Å². The van der Waals surface area contributed by atoms with Gasteiger partial charge in [-0.1, -0.05) is 37.6 Å². The molecule has 0 aromatic heterocycles. The minimum Gasteiger partial charge on any atom is -0.490 e. The third-order valence-electron chi connectivity index (χ3n) is 5.36. The third kappa shape index (κ3) is 7.34. The highest BCUT2D eigenvalue weighted by Gasteiger charge is 2.29. The average Bonchev–Trinajstić information content (AvgIpc) is 2.83. The summed E-state index contributed by atoms with van der Waals surface area (Å²) in [5.74, 6) is -0.388. The molecule has 0 heterocycles. The third-order valence-corrected chi connectivity index (χ3v) is 5.62. The molecule has 2 amide bonds. The lowest BCUT2D eigenvalue weighted by atomic mass is 10.1. The van der Waals surface area contributed by atoms with Crippen LogP contribution in [0.25, 0.3) is 0 Å². The number of hydrogen-bond acceptors (Lipinski definition) is 6. The van der Waals surface area contributed by atoms with Crippen molar-refractivity contribution in [1.82, 2.24) is 10.2 Å². The van der Waals surface area contributed by atoms with Crippen LogP contribution in [0.2, 0.25) is 5.02 Å². The first-order valence-electron chi connectivity index (χ1n) is 11.0. The molecule has 2 aromatic carbocycles. The van der Waals surface area contributed by atoms with E-state index >= 15 is 0 Å². The van der Waals surface area contributed by atoms with Crippen LogP contribution in [0.5, 0.6) is 11.5 Å². The molecule has 1 N–H and O–H groups in total. The molecule has 0 fully saturated rings. The standard InChI is InChI=1S/C24H30ClN3O6/c1-5-16(3)26-24(30)20(6-2)27(14-17-7-9-18(25)10-8-17)23(29)15-34-19-11-12-21(28(31)32)22(13-19)33-4/h7-13,16,20H,5-6,14-15H2,1-4H3,(H,26,30). The number of halogens is 1. The molecule has 0 saturated carbocycles. The van der Waals surface area contributed by atoms with E-state index in [1.165, 1.54) is 30.2 Å². The van der Waals surface area contributed by atoms with Crippen molar-refractivity contribution in [2.24, 2.45) is 0 Å². The number of nitro benzene ring substituents is 1. The normalized spacial score (nSPS) is 12.4. The fourth-order valence-corrected chi connectivity index (χ4v) is 3.40. The predicted molar refractivity (Wildman–Crippen MR) is 129 cm³/mol. The van der Waals surface area contributed by atoms with E-state index in [4.69, 9.17) is 21.1 Å². The van der Waals surface area contributed by atoms with Crippen molar-refractivity contribution in [2.75, 3.05) is 13.7 Å². The van der Waals surface area contributed by atoms with Gasteiger partial charge in [-0.25, -0.2) is 0 Å². The Morgan fingerprint density at radius 2 is 1.82 bits per heavy atom. The highest BCUT2D eigenvalue weighted by molar-refractivity contribution is 6.30. The quantitative estimate of drug-likeness (QED) is 0.349. The predicted octanol–water partition coefficient (Wildman–Crippen LogP) is 4.36. The molecule has 2 unspecified atom stereocenters. The Morgan fingerprint density at radius 1 is 1.15 bits per heavy atom. The van der Waals surface area contributed by atoms with Gasteiger partial charge in [-0.2, -0.15) is 0 Å². The number of ether oxygens (including phenoxy) is 2. The lowest BCUT2D eigenvalue weighted by Gasteiger charge is -2.31. The van der Waals surface area contributed by atoms with Crippen molar-refractivity contribution in [1.29, 1.82) is 0 Å². The monoisotopic (exact) mass is 491 g/mol. The van der Waals surface area contributed by atoms with Gasteiger partial charge in [0.2, 0.25) is 11.7 Å². The van der Waals surface area contributed by atoms with Crippen LogP contribution >= 0.6 is 11.6 Å². The Labute approximate surface area is 204 Å². The number of amides is 2. The molecule has 184 valence electrons. The highest BCUT2D eigenvalue weighted by Crippen LogP contribution is 2.30. The Bertz CT molecular complexity index is 999. The summed E-state index contributed by atoms with van der Waals surface area (Å²) in [5.41, 5.74) is 0.600. The summed E-state index contributed by atoms with van der Waals surface area (Å²) < 4.78 is 10.7. The minimum atomic E-state index is -0.702. The number of hydrogen-bond donors (Lipinski definition) is 1. The first kappa shape index (κ1) is 26.9. The van der Waals surface area contributed by atoms with Gasteiger partial charge < -0.3 is 19.7 Å². The maximum absolute atomic E-state index is 13.2. The van der Waals surface area contributed by atoms with Crippen molar-refractivity contribution in [3.63, 3.8) is 0 Å². The number of rotatable bonds is 12. The molecule has 0 aliphatic heterocycles. The van der Waals surface area contributed by atoms with E-state index < -0.39 is 16.9 Å². The molecule has 0 aliphatic carbocycles. The van der Waals surface area contributed by atoms with E-state index in [0.717, 1.165) is 12.0 Å². The molecule has 34 heavy (non-hydrogen) atoms. The zero-order chi connectivity index (χ0) is 25.3. The molecule has 0 spiro atoms. The molecule has 0 radical (unpaired) electrons. The van der Waals surface area contributed by atoms with E-state index in [1.54, 1.807) is 24.3 Å². The lowest BCUT2D eigenvalue weighted by Crippen LogP contribution is -2.51. The zero-order valence-corrected chi connectivity index (χ0v) is 20.5. The number of carbonyl (C=O) groups is 2. The second-order valence-electron chi connectivity index (χ2n) is 7.77. The van der Waals surface area contributed by atoms with Gasteiger partial charge in [-0.15, -0.1) is 0 Å². The van der Waals surface area contributed by atoms with Gasteiger partial charge in [-0.05, 0) is 43.5 Å². The average molecular weight is 492 g/mol. The summed E-state index contributed by atoms with van der Waals surface area (Å²) in [6, 6.07) is 10.3. The maximum atomic E-state index is 13.2. The second kappa shape index (κ2) is 12.8. The Balaban J connectivity index is 2.24. The van der Waals surface area contributed by atoms with Crippen LogP contribution in [0.4, 0.5) is 5.69 Å². The first-order valence-corrected chi connectivity index (χ1v) is 11.4. The van der Waals surface area contributed by atoms with Crippen molar-refractivity contribution in [2.45, 2.75) is 52.2 Å². The van der Waals surface area contributed by atoms with Crippen LogP contribution in [0.3, 0.4) is 0 Å². The Morgan fingerprint density at radius 3 is 2.38 bits per heavy atom. The topological polar surface area (TPSA) is 111 Å². The van der Waals surface area contributed by atoms with Crippen LogP contribution in [0.15, 0.2) is 42.5 Å². The van der Waals surface area contributed by atoms with Crippen LogP contribution in [0.1, 0.15) is 39.2 Å². The second-order valence-corrected chi connectivity index (χ2v) is 8.21. The maximum Gasteiger partial charge on any atom is 0.311 e. The lowest BCUT2D eigenvalue weighted by molar-refractivity contribution is -0.385. The van der Waals surface area contributed by atoms with Gasteiger partial charge in [0, 0.05) is 29.7 Å². The number of nitrogens with zero attached hydrogens (tertiary/aromatic N) is 2. The molecular formula is C24H30ClN3O6. The summed E-state index contributed by atoms with van der Waals surface area (Å²) in [4.78, 5) is 38.2. The van der Waals surface area contributed by atoms with Gasteiger partial charge in [0.25, 0.3) is 5.91 Å². The SMILES string of the molecule is CCC(C)NC(=O)C(CC)N(Cc1ccc(Cl)cc1)C(=O)COc1ccc([N+](=O)[O-])c(OC)c1. The van der Waals surface area contributed by atoms with E-state index in [-0.39, 0.29) is 42.3 Å². The summed E-state index contributed by atoms with van der Waals surface area (Å²) >= 11 is 5.98. The molecule has 2 atom stereocenters. The fourth-order valence-electron chi connectivity index (χ4n) is 3.27. The Kier molecular flexibility index (Phi) is 10.1. The molecule has 10 heteroatoms. The molecule has 0 saturated heterocycles. The van der Waals surface area contributed by atoms with Crippen molar-refractivity contribution in [3.05, 3.63) is 63.2 Å². The van der Waals surface area contributed by atoms with Gasteiger partial charge in [0.05, 0.1) is 12.0 Å². The number of methoxy groups -OCH3 is 1. The van der Waals surface area contributed by atoms with Crippen molar-refractivity contribution < 1.29 is 24.0 Å². The largest absolute Gasteiger partial charge is 0.490 e. The summed E-state index contributed by atoms with van der Waals surface area (Å²) in [6.45, 7) is 5.54. The Hall–Kier alpha value is -3.33. The van der Waals surface area contributed by atoms with Crippen LogP contribution in [-0.4, -0.2) is 47.4 Å². The van der Waals surface area contributed by atoms with Gasteiger partial charge >= 0.3 is 5.69 Å². The molecule has 9 nitrogen and oxygen atoms in total. The zero-order valence-electron chi connectivity index (χ0n) is 19.7. The summed E-state index contributed by atoms with van der Waals surface area (Å²) in [7, 11) is 1.31. The smallest absolute Gasteiger partial charge is 0.311 e. The number of carbonyl (C=O) groups excluding carboxylic acids is 2. The van der Waals surface area contributed by atoms with Crippen LogP contribution < -0.4 is 14.8 Å². The molecule has 0 aliphatic rings. The van der Waals surface area contributed by atoms with E-state index in [0.29, 0.717) is 11.4 Å². The van der Waals surface area contributed by atoms with Crippen molar-refractivity contribution >= 4 is 29.1 Å². The first-order chi connectivity index (χ1) is 16.2. The number of nitro groups is 1. The van der Waals surface area contributed by atoms with Gasteiger partial charge in [0.1, 0.15) is 11.8 Å². The molecule has 0 bridgehead atoms.